The molecule has 0 spiro atoms. The molecule has 5 heteroatoms. The average Bonchev–Trinajstić information content (AvgIpc) is 2.62. The predicted octanol–water partition coefficient (Wildman–Crippen LogP) is 3.91. The van der Waals surface area contributed by atoms with Gasteiger partial charge in [-0.05, 0) is 74.9 Å². The van der Waals surface area contributed by atoms with Gasteiger partial charge in [0.25, 0.3) is 0 Å². The van der Waals surface area contributed by atoms with E-state index >= 15 is 0 Å². The van der Waals surface area contributed by atoms with Crippen LogP contribution in [0.5, 0.6) is 0 Å². The van der Waals surface area contributed by atoms with Crippen LogP contribution in [0.2, 0.25) is 0 Å². The second kappa shape index (κ2) is 7.38. The summed E-state index contributed by atoms with van der Waals surface area (Å²) >= 11 is 0. The maximum absolute atomic E-state index is 11.4. The van der Waals surface area contributed by atoms with Crippen molar-refractivity contribution in [2.75, 3.05) is 14.1 Å². The molecule has 2 aromatic rings. The number of rotatable bonds is 5. The van der Waals surface area contributed by atoms with Gasteiger partial charge in [0.15, 0.2) is 0 Å². The molecular formula is C22H30N2O2S. The lowest BCUT2D eigenvalue weighted by atomic mass is 9.63. The lowest BCUT2D eigenvalue weighted by Crippen LogP contribution is -2.46. The molecule has 0 amide bonds. The van der Waals surface area contributed by atoms with Crippen molar-refractivity contribution in [2.45, 2.75) is 49.5 Å². The summed E-state index contributed by atoms with van der Waals surface area (Å²) in [6.45, 7) is 2.35. The molecule has 0 aliphatic heterocycles. The van der Waals surface area contributed by atoms with Gasteiger partial charge in [0.2, 0.25) is 10.0 Å². The fraction of sp³-hybridized carbons (Fsp3) is 0.455. The van der Waals surface area contributed by atoms with E-state index in [4.69, 9.17) is 5.14 Å². The van der Waals surface area contributed by atoms with Crippen molar-refractivity contribution in [1.82, 2.24) is 4.90 Å². The van der Waals surface area contributed by atoms with Crippen LogP contribution in [0.4, 0.5) is 0 Å². The first-order valence-corrected chi connectivity index (χ1v) is 11.0. The molecule has 0 aromatic heterocycles. The van der Waals surface area contributed by atoms with E-state index < -0.39 is 10.0 Å². The molecule has 1 fully saturated rings. The third kappa shape index (κ3) is 4.26. The van der Waals surface area contributed by atoms with E-state index in [1.54, 1.807) is 12.1 Å². The molecular weight excluding hydrogens is 356 g/mol. The van der Waals surface area contributed by atoms with Crippen molar-refractivity contribution in [2.24, 2.45) is 10.6 Å². The summed E-state index contributed by atoms with van der Waals surface area (Å²) in [4.78, 5) is 2.55. The first-order valence-electron chi connectivity index (χ1n) is 9.49. The third-order valence-electron chi connectivity index (χ3n) is 6.33. The van der Waals surface area contributed by atoms with Crippen LogP contribution in [0.3, 0.4) is 0 Å². The number of hydrogen-bond donors (Lipinski definition) is 1. The largest absolute Gasteiger partial charge is 0.300 e. The lowest BCUT2D eigenvalue weighted by Gasteiger charge is -2.49. The van der Waals surface area contributed by atoms with Gasteiger partial charge in [-0.15, -0.1) is 0 Å². The molecule has 2 N–H and O–H groups in total. The molecule has 0 radical (unpaired) electrons. The van der Waals surface area contributed by atoms with Gasteiger partial charge in [0, 0.05) is 5.54 Å². The highest BCUT2D eigenvalue weighted by molar-refractivity contribution is 7.89. The zero-order valence-corrected chi connectivity index (χ0v) is 17.3. The molecule has 3 rings (SSSR count). The molecule has 0 heterocycles. The number of primary sulfonamides is 1. The second-order valence-electron chi connectivity index (χ2n) is 8.47. The van der Waals surface area contributed by atoms with Gasteiger partial charge >= 0.3 is 0 Å². The monoisotopic (exact) mass is 386 g/mol. The van der Waals surface area contributed by atoms with E-state index in [2.05, 4.69) is 56.3 Å². The summed E-state index contributed by atoms with van der Waals surface area (Å²) < 4.78 is 22.9. The summed E-state index contributed by atoms with van der Waals surface area (Å²) in [5.74, 6) is 0. The Morgan fingerprint density at radius 3 is 1.96 bits per heavy atom. The summed E-state index contributed by atoms with van der Waals surface area (Å²) in [7, 11) is 0.735. The SMILES string of the molecule is CN(C)C1(c2ccccc2)CCC(C)(Cc2ccc(S(N)(=O)=O)cc2)CC1. The van der Waals surface area contributed by atoms with Crippen molar-refractivity contribution in [3.05, 3.63) is 65.7 Å². The molecule has 146 valence electrons. The van der Waals surface area contributed by atoms with Crippen LogP contribution >= 0.6 is 0 Å². The molecule has 0 saturated heterocycles. The Bertz CT molecular complexity index is 866. The lowest BCUT2D eigenvalue weighted by molar-refractivity contribution is 0.0426. The van der Waals surface area contributed by atoms with Crippen LogP contribution in [0.15, 0.2) is 59.5 Å². The molecule has 27 heavy (non-hydrogen) atoms. The highest BCUT2D eigenvalue weighted by Crippen LogP contribution is 2.49. The zero-order chi connectivity index (χ0) is 19.7. The van der Waals surface area contributed by atoms with Gasteiger partial charge in [-0.2, -0.15) is 0 Å². The second-order valence-corrected chi connectivity index (χ2v) is 10.0. The zero-order valence-electron chi connectivity index (χ0n) is 16.5. The molecule has 4 nitrogen and oxygen atoms in total. The van der Waals surface area contributed by atoms with Gasteiger partial charge in [-0.3, -0.25) is 4.90 Å². The Labute approximate surface area is 163 Å². The topological polar surface area (TPSA) is 63.4 Å². The maximum Gasteiger partial charge on any atom is 0.238 e. The molecule has 0 bridgehead atoms. The molecule has 1 aliphatic rings. The van der Waals surface area contributed by atoms with Gasteiger partial charge in [0.1, 0.15) is 0 Å². The Hall–Kier alpha value is -1.69. The standard InChI is InChI=1S/C22H30N2O2S/c1-21(17-18-9-11-20(12-10-18)27(23,25)26)13-15-22(16-14-21,24(2)3)19-7-5-4-6-8-19/h4-12H,13-17H2,1-3H3,(H2,23,25,26). The van der Waals surface area contributed by atoms with Crippen LogP contribution < -0.4 is 5.14 Å². The normalized spacial score (nSPS) is 26.3. The van der Waals surface area contributed by atoms with Gasteiger partial charge in [-0.1, -0.05) is 49.4 Å². The summed E-state index contributed by atoms with van der Waals surface area (Å²) in [5.41, 5.74) is 2.88. The Kier molecular flexibility index (Phi) is 5.48. The summed E-state index contributed by atoms with van der Waals surface area (Å²) in [5, 5.41) is 5.20. The van der Waals surface area contributed by atoms with Crippen LogP contribution in [0.25, 0.3) is 0 Å². The molecule has 1 aliphatic carbocycles. The van der Waals surface area contributed by atoms with Crippen molar-refractivity contribution in [1.29, 1.82) is 0 Å². The predicted molar refractivity (Wildman–Crippen MR) is 110 cm³/mol. The van der Waals surface area contributed by atoms with Gasteiger partial charge < -0.3 is 0 Å². The first-order chi connectivity index (χ1) is 12.6. The minimum atomic E-state index is -3.63. The smallest absolute Gasteiger partial charge is 0.238 e. The average molecular weight is 387 g/mol. The highest BCUT2D eigenvalue weighted by Gasteiger charge is 2.42. The molecule has 0 atom stereocenters. The third-order valence-corrected chi connectivity index (χ3v) is 7.26. The van der Waals surface area contributed by atoms with Crippen LogP contribution in [-0.2, 0) is 22.0 Å². The van der Waals surface area contributed by atoms with Gasteiger partial charge in [0.05, 0.1) is 4.90 Å². The first kappa shape index (κ1) is 20.1. The van der Waals surface area contributed by atoms with Crippen LogP contribution in [-0.4, -0.2) is 27.4 Å². The van der Waals surface area contributed by atoms with E-state index in [1.165, 1.54) is 11.1 Å². The minimum absolute atomic E-state index is 0.0955. The number of benzene rings is 2. The van der Waals surface area contributed by atoms with E-state index in [0.29, 0.717) is 0 Å². The Morgan fingerprint density at radius 1 is 0.926 bits per heavy atom. The van der Waals surface area contributed by atoms with Gasteiger partial charge in [-0.25, -0.2) is 13.6 Å². The van der Waals surface area contributed by atoms with Crippen molar-refractivity contribution < 1.29 is 8.42 Å². The van der Waals surface area contributed by atoms with Crippen LogP contribution in [0, 0.1) is 5.41 Å². The molecule has 0 unspecified atom stereocenters. The summed E-state index contributed by atoms with van der Waals surface area (Å²) in [6, 6.07) is 17.8. The number of nitrogens with two attached hydrogens (primary N) is 1. The van der Waals surface area contributed by atoms with Crippen molar-refractivity contribution in [3.8, 4) is 0 Å². The Balaban J connectivity index is 1.75. The molecule has 2 aromatic carbocycles. The van der Waals surface area contributed by atoms with Crippen molar-refractivity contribution in [3.63, 3.8) is 0 Å². The fourth-order valence-electron chi connectivity index (χ4n) is 4.48. The van der Waals surface area contributed by atoms with E-state index in [0.717, 1.165) is 32.1 Å². The quantitative estimate of drug-likeness (QED) is 0.847. The molecule has 1 saturated carbocycles. The van der Waals surface area contributed by atoms with E-state index in [9.17, 15) is 8.42 Å². The maximum atomic E-state index is 11.4. The highest BCUT2D eigenvalue weighted by atomic mass is 32.2. The van der Waals surface area contributed by atoms with E-state index in [-0.39, 0.29) is 15.8 Å². The number of nitrogens with zero attached hydrogens (tertiary/aromatic N) is 1. The fourth-order valence-corrected chi connectivity index (χ4v) is 4.99. The number of sulfonamides is 1. The van der Waals surface area contributed by atoms with Crippen LogP contribution in [0.1, 0.15) is 43.7 Å². The number of hydrogen-bond acceptors (Lipinski definition) is 3. The summed E-state index contributed by atoms with van der Waals surface area (Å²) in [6.07, 6.45) is 5.47. The Morgan fingerprint density at radius 2 is 1.48 bits per heavy atom. The minimum Gasteiger partial charge on any atom is -0.300 e. The van der Waals surface area contributed by atoms with E-state index in [1.807, 2.05) is 12.1 Å². The van der Waals surface area contributed by atoms with Crippen molar-refractivity contribution >= 4 is 10.0 Å².